The number of nitrogens with zero attached hydrogens (tertiary/aromatic N) is 4. The normalized spacial score (nSPS) is 21.0. The SMILES string of the molecule is C[C@H]1CN(CC[S@@](=O)c2ccccc2)CCN1Cc1nccn1C. The van der Waals surface area contributed by atoms with Gasteiger partial charge in [0.2, 0.25) is 0 Å². The van der Waals surface area contributed by atoms with Crippen LogP contribution < -0.4 is 0 Å². The summed E-state index contributed by atoms with van der Waals surface area (Å²) in [6, 6.07) is 10.2. The minimum absolute atomic E-state index is 0.487. The van der Waals surface area contributed by atoms with E-state index in [1.54, 1.807) is 0 Å². The Morgan fingerprint density at radius 2 is 2.04 bits per heavy atom. The monoisotopic (exact) mass is 346 g/mol. The molecule has 0 saturated carbocycles. The van der Waals surface area contributed by atoms with Gasteiger partial charge in [-0.05, 0) is 19.1 Å². The number of aromatic nitrogens is 2. The van der Waals surface area contributed by atoms with Gasteiger partial charge in [-0.3, -0.25) is 14.0 Å². The second-order valence-corrected chi connectivity index (χ2v) is 8.01. The molecule has 5 nitrogen and oxygen atoms in total. The molecule has 0 bridgehead atoms. The molecule has 1 aromatic heterocycles. The number of hydrogen-bond donors (Lipinski definition) is 0. The second kappa shape index (κ2) is 8.05. The molecule has 2 heterocycles. The van der Waals surface area contributed by atoms with Gasteiger partial charge >= 0.3 is 0 Å². The highest BCUT2D eigenvalue weighted by molar-refractivity contribution is 7.85. The molecule has 1 saturated heterocycles. The lowest BCUT2D eigenvalue weighted by atomic mass is 10.2. The Balaban J connectivity index is 1.47. The van der Waals surface area contributed by atoms with Gasteiger partial charge in [0.25, 0.3) is 0 Å². The van der Waals surface area contributed by atoms with Gasteiger partial charge in [-0.1, -0.05) is 18.2 Å². The summed E-state index contributed by atoms with van der Waals surface area (Å²) in [7, 11) is 1.14. The Kier molecular flexibility index (Phi) is 5.81. The maximum absolute atomic E-state index is 12.3. The molecular formula is C18H26N4OS. The lowest BCUT2D eigenvalue weighted by Gasteiger charge is -2.39. The van der Waals surface area contributed by atoms with Crippen molar-refractivity contribution >= 4 is 10.8 Å². The first-order valence-corrected chi connectivity index (χ1v) is 9.81. The van der Waals surface area contributed by atoms with Crippen molar-refractivity contribution in [3.63, 3.8) is 0 Å². The molecule has 1 aliphatic heterocycles. The molecule has 2 atom stereocenters. The maximum Gasteiger partial charge on any atom is 0.122 e. The van der Waals surface area contributed by atoms with Crippen LogP contribution in [0.15, 0.2) is 47.6 Å². The zero-order chi connectivity index (χ0) is 16.9. The lowest BCUT2D eigenvalue weighted by Crippen LogP contribution is -2.52. The van der Waals surface area contributed by atoms with E-state index in [0.717, 1.165) is 43.4 Å². The maximum atomic E-state index is 12.3. The Morgan fingerprint density at radius 3 is 2.71 bits per heavy atom. The van der Waals surface area contributed by atoms with Gasteiger partial charge in [-0.15, -0.1) is 0 Å². The van der Waals surface area contributed by atoms with E-state index in [-0.39, 0.29) is 0 Å². The third-order valence-corrected chi connectivity index (χ3v) is 6.07. The van der Waals surface area contributed by atoms with E-state index in [1.165, 1.54) is 0 Å². The molecule has 1 fully saturated rings. The number of hydrogen-bond acceptors (Lipinski definition) is 4. The Labute approximate surface area is 146 Å². The fraction of sp³-hybridized carbons (Fsp3) is 0.500. The topological polar surface area (TPSA) is 41.4 Å². The standard InChI is InChI=1S/C18H26N4OS/c1-16-14-21(12-13-24(23)17-6-4-3-5-7-17)10-11-22(16)15-18-19-8-9-20(18)2/h3-9,16H,10-15H2,1-2H3/t16-,24+/m0/s1. The van der Waals surface area contributed by atoms with E-state index in [9.17, 15) is 4.21 Å². The van der Waals surface area contributed by atoms with Crippen molar-refractivity contribution < 1.29 is 4.21 Å². The minimum Gasteiger partial charge on any atom is -0.337 e. The van der Waals surface area contributed by atoms with Gasteiger partial charge in [0.05, 0.1) is 17.3 Å². The molecule has 0 radical (unpaired) electrons. The van der Waals surface area contributed by atoms with Crippen molar-refractivity contribution in [1.29, 1.82) is 0 Å². The van der Waals surface area contributed by atoms with Gasteiger partial charge in [-0.2, -0.15) is 0 Å². The summed E-state index contributed by atoms with van der Waals surface area (Å²) < 4.78 is 14.4. The number of imidazole rings is 1. The predicted octanol–water partition coefficient (Wildman–Crippen LogP) is 1.73. The van der Waals surface area contributed by atoms with Gasteiger partial charge in [0.15, 0.2) is 0 Å². The van der Waals surface area contributed by atoms with Crippen LogP contribution in [0, 0.1) is 0 Å². The van der Waals surface area contributed by atoms with E-state index >= 15 is 0 Å². The van der Waals surface area contributed by atoms with Crippen molar-refractivity contribution in [3.8, 4) is 0 Å². The molecule has 1 aromatic carbocycles. The van der Waals surface area contributed by atoms with Crippen LogP contribution in [0.4, 0.5) is 0 Å². The van der Waals surface area contributed by atoms with Crippen molar-refractivity contribution in [2.24, 2.45) is 7.05 Å². The van der Waals surface area contributed by atoms with Crippen molar-refractivity contribution in [2.45, 2.75) is 24.4 Å². The highest BCUT2D eigenvalue weighted by Gasteiger charge is 2.24. The van der Waals surface area contributed by atoms with E-state index in [0.29, 0.717) is 11.8 Å². The van der Waals surface area contributed by atoms with E-state index in [2.05, 4.69) is 26.3 Å². The van der Waals surface area contributed by atoms with Crippen LogP contribution in [0.2, 0.25) is 0 Å². The average molecular weight is 347 g/mol. The summed E-state index contributed by atoms with van der Waals surface area (Å²) in [5.41, 5.74) is 0. The molecule has 0 amide bonds. The van der Waals surface area contributed by atoms with Crippen LogP contribution in [0.1, 0.15) is 12.7 Å². The molecule has 130 valence electrons. The highest BCUT2D eigenvalue weighted by atomic mass is 32.2. The Morgan fingerprint density at radius 1 is 1.25 bits per heavy atom. The largest absolute Gasteiger partial charge is 0.337 e. The zero-order valence-corrected chi connectivity index (χ0v) is 15.3. The minimum atomic E-state index is -0.903. The quantitative estimate of drug-likeness (QED) is 0.799. The van der Waals surface area contributed by atoms with E-state index < -0.39 is 10.8 Å². The number of rotatable bonds is 6. The summed E-state index contributed by atoms with van der Waals surface area (Å²) in [5, 5.41) is 0. The van der Waals surface area contributed by atoms with Crippen LogP contribution >= 0.6 is 0 Å². The van der Waals surface area contributed by atoms with Crippen molar-refractivity contribution in [2.75, 3.05) is 31.9 Å². The van der Waals surface area contributed by atoms with Crippen LogP contribution in [0.3, 0.4) is 0 Å². The molecule has 1 aliphatic rings. The van der Waals surface area contributed by atoms with Gasteiger partial charge in [-0.25, -0.2) is 4.98 Å². The molecule has 0 N–H and O–H groups in total. The third-order valence-electron chi connectivity index (χ3n) is 4.71. The van der Waals surface area contributed by atoms with Crippen molar-refractivity contribution in [1.82, 2.24) is 19.4 Å². The Hall–Kier alpha value is -1.50. The summed E-state index contributed by atoms with van der Waals surface area (Å²) in [4.78, 5) is 10.3. The van der Waals surface area contributed by atoms with Crippen LogP contribution in [0.5, 0.6) is 0 Å². The van der Waals surface area contributed by atoms with Gasteiger partial charge < -0.3 is 4.57 Å². The molecule has 3 rings (SSSR count). The van der Waals surface area contributed by atoms with Gasteiger partial charge in [0, 0.05) is 62.3 Å². The summed E-state index contributed by atoms with van der Waals surface area (Å²) in [6.45, 7) is 7.14. The first-order chi connectivity index (χ1) is 11.6. The molecule has 24 heavy (non-hydrogen) atoms. The number of benzene rings is 1. The number of aryl methyl sites for hydroxylation is 1. The first-order valence-electron chi connectivity index (χ1n) is 8.49. The molecule has 0 unspecified atom stereocenters. The third kappa shape index (κ3) is 4.32. The molecule has 0 spiro atoms. The molecular weight excluding hydrogens is 320 g/mol. The van der Waals surface area contributed by atoms with Crippen molar-refractivity contribution in [3.05, 3.63) is 48.5 Å². The lowest BCUT2D eigenvalue weighted by molar-refractivity contribution is 0.0790. The van der Waals surface area contributed by atoms with Gasteiger partial charge in [0.1, 0.15) is 5.82 Å². The van der Waals surface area contributed by atoms with E-state index in [4.69, 9.17) is 0 Å². The van der Waals surface area contributed by atoms with Crippen LogP contribution in [-0.4, -0.2) is 61.5 Å². The Bertz CT molecular complexity index is 673. The first kappa shape index (κ1) is 17.3. The fourth-order valence-corrected chi connectivity index (χ4v) is 4.26. The zero-order valence-electron chi connectivity index (χ0n) is 14.5. The summed E-state index contributed by atoms with van der Waals surface area (Å²) >= 11 is 0. The predicted molar refractivity (Wildman–Crippen MR) is 97.2 cm³/mol. The highest BCUT2D eigenvalue weighted by Crippen LogP contribution is 2.13. The fourth-order valence-electron chi connectivity index (χ4n) is 3.14. The van der Waals surface area contributed by atoms with Crippen LogP contribution in [0.25, 0.3) is 0 Å². The molecule has 0 aliphatic carbocycles. The summed E-state index contributed by atoms with van der Waals surface area (Å²) in [6.07, 6.45) is 3.85. The summed E-state index contributed by atoms with van der Waals surface area (Å²) in [5.74, 6) is 1.82. The molecule has 6 heteroatoms. The second-order valence-electron chi connectivity index (χ2n) is 6.44. The number of piperazine rings is 1. The molecule has 2 aromatic rings. The average Bonchev–Trinajstić information content (AvgIpc) is 3.00. The smallest absolute Gasteiger partial charge is 0.122 e. The van der Waals surface area contributed by atoms with E-state index in [1.807, 2.05) is 49.8 Å². The van der Waals surface area contributed by atoms with Crippen LogP contribution in [-0.2, 0) is 24.4 Å².